The molecule has 2 atom stereocenters. The van der Waals surface area contributed by atoms with E-state index in [1.807, 2.05) is 0 Å². The second-order valence-corrected chi connectivity index (χ2v) is 4.20. The van der Waals surface area contributed by atoms with Gasteiger partial charge >= 0.3 is 0 Å². The van der Waals surface area contributed by atoms with Crippen LogP contribution in [0, 0.1) is 0 Å². The van der Waals surface area contributed by atoms with E-state index in [-0.39, 0.29) is 5.91 Å². The third kappa shape index (κ3) is 2.15. The Hall–Kier alpha value is -1.20. The van der Waals surface area contributed by atoms with Crippen LogP contribution in [0.15, 0.2) is 0 Å². The molecule has 1 heterocycles. The molecule has 0 bridgehead atoms. The van der Waals surface area contributed by atoms with Gasteiger partial charge in [-0.3, -0.25) is 9.59 Å². The van der Waals surface area contributed by atoms with Crippen LogP contribution in [0.5, 0.6) is 0 Å². The quantitative estimate of drug-likeness (QED) is 0.784. The first kappa shape index (κ1) is 12.9. The number of hydrogen-bond acceptors (Lipinski definition) is 2. The number of nitrogens with zero attached hydrogens (tertiary/aromatic N) is 1. The highest BCUT2D eigenvalue weighted by Gasteiger charge is 2.45. The van der Waals surface area contributed by atoms with Crippen LogP contribution in [-0.2, 0) is 9.59 Å². The summed E-state index contributed by atoms with van der Waals surface area (Å²) in [5.41, 5.74) is -1.06. The molecule has 0 aromatic heterocycles. The molecule has 92 valence electrons. The maximum atomic E-state index is 12.3. The van der Waals surface area contributed by atoms with Gasteiger partial charge in [-0.1, -0.05) is 6.92 Å². The molecule has 4 nitrogen and oxygen atoms in total. The van der Waals surface area contributed by atoms with E-state index < -0.39 is 30.5 Å². The summed E-state index contributed by atoms with van der Waals surface area (Å²) in [6.45, 7) is 4.04. The molecule has 1 aliphatic heterocycles. The van der Waals surface area contributed by atoms with E-state index in [0.29, 0.717) is 6.42 Å². The number of halogens is 2. The maximum Gasteiger partial charge on any atom is 0.255 e. The van der Waals surface area contributed by atoms with Crippen LogP contribution in [0.1, 0.15) is 27.2 Å². The number of piperazine rings is 1. The zero-order valence-corrected chi connectivity index (χ0v) is 9.59. The Labute approximate surface area is 93.0 Å². The van der Waals surface area contributed by atoms with Gasteiger partial charge < -0.3 is 10.2 Å². The first-order valence-corrected chi connectivity index (χ1v) is 5.23. The summed E-state index contributed by atoms with van der Waals surface area (Å²) in [6, 6.07) is -0.832. The van der Waals surface area contributed by atoms with Gasteiger partial charge in [-0.15, -0.1) is 0 Å². The largest absolute Gasteiger partial charge is 0.340 e. The molecule has 1 saturated heterocycles. The fourth-order valence-electron chi connectivity index (χ4n) is 1.69. The van der Waals surface area contributed by atoms with Crippen molar-refractivity contribution < 1.29 is 18.4 Å². The number of hydrogen-bond donors (Lipinski definition) is 1. The Kier molecular flexibility index (Phi) is 3.50. The molecule has 16 heavy (non-hydrogen) atoms. The van der Waals surface area contributed by atoms with Crippen LogP contribution in [-0.4, -0.2) is 41.3 Å². The number of alkyl halides is 2. The van der Waals surface area contributed by atoms with Crippen LogP contribution in [0.2, 0.25) is 0 Å². The summed E-state index contributed by atoms with van der Waals surface area (Å²) < 4.78 is 24.6. The van der Waals surface area contributed by atoms with E-state index in [1.54, 1.807) is 13.8 Å². The Bertz CT molecular complexity index is 309. The highest BCUT2D eigenvalue weighted by Crippen LogP contribution is 2.21. The molecule has 2 unspecified atom stereocenters. The fraction of sp³-hybridized carbons (Fsp3) is 0.800. The Morgan fingerprint density at radius 1 is 1.50 bits per heavy atom. The number of carbonyl (C=O) groups excluding carboxylic acids is 2. The van der Waals surface area contributed by atoms with Crippen LogP contribution < -0.4 is 5.32 Å². The van der Waals surface area contributed by atoms with Crippen molar-refractivity contribution in [2.24, 2.45) is 0 Å². The normalized spacial score (nSPS) is 30.9. The van der Waals surface area contributed by atoms with Gasteiger partial charge in [-0.25, -0.2) is 8.78 Å². The van der Waals surface area contributed by atoms with E-state index in [9.17, 15) is 18.4 Å². The van der Waals surface area contributed by atoms with Crippen LogP contribution in [0.25, 0.3) is 0 Å². The number of nitrogens with one attached hydrogen (secondary N) is 1. The van der Waals surface area contributed by atoms with Gasteiger partial charge in [0.1, 0.15) is 11.6 Å². The molecule has 1 N–H and O–H groups in total. The van der Waals surface area contributed by atoms with E-state index in [1.165, 1.54) is 6.92 Å². The zero-order valence-electron chi connectivity index (χ0n) is 9.59. The molecule has 1 aliphatic rings. The van der Waals surface area contributed by atoms with E-state index in [2.05, 4.69) is 5.32 Å². The summed E-state index contributed by atoms with van der Waals surface area (Å²) >= 11 is 0. The molecule has 0 spiro atoms. The topological polar surface area (TPSA) is 49.4 Å². The summed E-state index contributed by atoms with van der Waals surface area (Å²) in [7, 11) is 0. The molecule has 2 amide bonds. The highest BCUT2D eigenvalue weighted by atomic mass is 19.3. The predicted molar refractivity (Wildman–Crippen MR) is 54.0 cm³/mol. The standard InChI is InChI=1S/C10H16F2N2O2/c1-4-10(3)9(16)14(5-7(11)12)6(2)8(15)13-10/h6-7H,4-5H2,1-3H3,(H,13,15). The first-order valence-electron chi connectivity index (χ1n) is 5.23. The molecule has 1 rings (SSSR count). The molecule has 0 radical (unpaired) electrons. The molecule has 0 aromatic rings. The van der Waals surface area contributed by atoms with Gasteiger partial charge in [-0.05, 0) is 20.3 Å². The van der Waals surface area contributed by atoms with Crippen LogP contribution in [0.4, 0.5) is 8.78 Å². The minimum Gasteiger partial charge on any atom is -0.340 e. The van der Waals surface area contributed by atoms with Crippen molar-refractivity contribution in [3.05, 3.63) is 0 Å². The van der Waals surface area contributed by atoms with Crippen molar-refractivity contribution in [3.63, 3.8) is 0 Å². The minimum atomic E-state index is -2.63. The molecule has 0 aliphatic carbocycles. The summed E-state index contributed by atoms with van der Waals surface area (Å²) in [5.74, 6) is -0.827. The van der Waals surface area contributed by atoms with Gasteiger partial charge in [0.05, 0.1) is 6.54 Å². The van der Waals surface area contributed by atoms with Crippen LogP contribution in [0.3, 0.4) is 0 Å². The Balaban J connectivity index is 2.95. The summed E-state index contributed by atoms with van der Waals surface area (Å²) in [5, 5.41) is 2.57. The lowest BCUT2D eigenvalue weighted by molar-refractivity contribution is -0.155. The third-order valence-corrected chi connectivity index (χ3v) is 3.02. The molecule has 6 heteroatoms. The number of amides is 2. The molecule has 1 fully saturated rings. The highest BCUT2D eigenvalue weighted by molar-refractivity contribution is 5.99. The van der Waals surface area contributed by atoms with Crippen molar-refractivity contribution in [3.8, 4) is 0 Å². The lowest BCUT2D eigenvalue weighted by atomic mass is 9.92. The summed E-state index contributed by atoms with van der Waals surface area (Å²) in [4.78, 5) is 24.5. The van der Waals surface area contributed by atoms with E-state index in [4.69, 9.17) is 0 Å². The summed E-state index contributed by atoms with van der Waals surface area (Å²) in [6.07, 6.45) is -2.25. The van der Waals surface area contributed by atoms with E-state index in [0.717, 1.165) is 4.90 Å². The van der Waals surface area contributed by atoms with Gasteiger partial charge in [-0.2, -0.15) is 0 Å². The van der Waals surface area contributed by atoms with Gasteiger partial charge in [0.25, 0.3) is 6.43 Å². The average Bonchev–Trinajstić information content (AvgIpc) is 2.21. The van der Waals surface area contributed by atoms with Crippen molar-refractivity contribution in [2.45, 2.75) is 45.2 Å². The third-order valence-electron chi connectivity index (χ3n) is 3.02. The molecule has 0 saturated carbocycles. The van der Waals surface area contributed by atoms with Gasteiger partial charge in [0, 0.05) is 0 Å². The molecule has 0 aromatic carbocycles. The van der Waals surface area contributed by atoms with E-state index >= 15 is 0 Å². The number of rotatable bonds is 3. The zero-order chi connectivity index (χ0) is 12.5. The predicted octanol–water partition coefficient (Wildman–Crippen LogP) is 0.767. The second-order valence-electron chi connectivity index (χ2n) is 4.20. The van der Waals surface area contributed by atoms with Gasteiger partial charge in [0.15, 0.2) is 0 Å². The SMILES string of the molecule is CCC1(C)NC(=O)C(C)N(CC(F)F)C1=O. The lowest BCUT2D eigenvalue weighted by Crippen LogP contribution is -2.68. The first-order chi connectivity index (χ1) is 7.31. The van der Waals surface area contributed by atoms with Crippen molar-refractivity contribution >= 4 is 11.8 Å². The minimum absolute atomic E-state index is 0.379. The van der Waals surface area contributed by atoms with Crippen molar-refractivity contribution in [1.29, 1.82) is 0 Å². The van der Waals surface area contributed by atoms with Crippen molar-refractivity contribution in [2.75, 3.05) is 6.54 Å². The second kappa shape index (κ2) is 4.35. The van der Waals surface area contributed by atoms with Gasteiger partial charge in [0.2, 0.25) is 11.8 Å². The average molecular weight is 234 g/mol. The van der Waals surface area contributed by atoms with Crippen LogP contribution >= 0.6 is 0 Å². The van der Waals surface area contributed by atoms with Crippen molar-refractivity contribution in [1.82, 2.24) is 10.2 Å². The molecular weight excluding hydrogens is 218 g/mol. The Morgan fingerprint density at radius 3 is 2.50 bits per heavy atom. The smallest absolute Gasteiger partial charge is 0.255 e. The lowest BCUT2D eigenvalue weighted by Gasteiger charge is -2.42. The fourth-order valence-corrected chi connectivity index (χ4v) is 1.69. The Morgan fingerprint density at radius 2 is 2.06 bits per heavy atom. The maximum absolute atomic E-state index is 12.3. The molecular formula is C10H16F2N2O2. The monoisotopic (exact) mass is 234 g/mol. The number of carbonyl (C=O) groups is 2.